The average molecular weight is 358 g/mol. The van der Waals surface area contributed by atoms with E-state index in [-0.39, 0.29) is 0 Å². The van der Waals surface area contributed by atoms with Gasteiger partial charge in [0.25, 0.3) is 0 Å². The van der Waals surface area contributed by atoms with Crippen molar-refractivity contribution in [3.63, 3.8) is 0 Å². The van der Waals surface area contributed by atoms with Crippen LogP contribution in [0, 0.1) is 5.92 Å². The van der Waals surface area contributed by atoms with Crippen LogP contribution < -0.4 is 0 Å². The molecule has 0 amide bonds. The van der Waals surface area contributed by atoms with Crippen molar-refractivity contribution in [2.75, 3.05) is 0 Å². The molecule has 1 saturated carbocycles. The normalized spacial score (nSPS) is 18.5. The van der Waals surface area contributed by atoms with E-state index in [4.69, 9.17) is 0 Å². The van der Waals surface area contributed by atoms with Gasteiger partial charge in [-0.3, -0.25) is 0 Å². The van der Waals surface area contributed by atoms with Crippen molar-refractivity contribution < 1.29 is 0 Å². The summed E-state index contributed by atoms with van der Waals surface area (Å²) >= 11 is 2.57. The Balaban J connectivity index is 3.05. The molecule has 0 atom stereocenters. The monoisotopic (exact) mass is 358 g/mol. The Bertz CT molecular complexity index is 322. The third-order valence-corrected chi connectivity index (χ3v) is 5.82. The van der Waals surface area contributed by atoms with Gasteiger partial charge in [0.05, 0.1) is 0 Å². The lowest BCUT2D eigenvalue weighted by Gasteiger charge is -2.39. The van der Waals surface area contributed by atoms with Crippen LogP contribution in [0.2, 0.25) is 11.1 Å². The summed E-state index contributed by atoms with van der Waals surface area (Å²) in [6.45, 7) is 16.5. The molecule has 0 aromatic rings. The van der Waals surface area contributed by atoms with Gasteiger partial charge in [0.15, 0.2) is 6.71 Å². The molecule has 0 aromatic heterocycles. The molecule has 18 heavy (non-hydrogen) atoms. The lowest BCUT2D eigenvalue weighted by Crippen LogP contribution is -2.36. The van der Waals surface area contributed by atoms with Gasteiger partial charge in [-0.05, 0) is 21.6 Å². The van der Waals surface area contributed by atoms with E-state index in [9.17, 15) is 0 Å². The minimum absolute atomic E-state index is 0.373. The first kappa shape index (κ1) is 16.3. The second-order valence-electron chi connectivity index (χ2n) is 6.87. The first-order chi connectivity index (χ1) is 8.26. The van der Waals surface area contributed by atoms with Crippen molar-refractivity contribution >= 4 is 29.3 Å². The molecule has 0 heterocycles. The predicted octanol–water partition coefficient (Wildman–Crippen LogP) is 6.30. The van der Waals surface area contributed by atoms with Gasteiger partial charge in [0, 0.05) is 0 Å². The second kappa shape index (κ2) is 6.63. The van der Waals surface area contributed by atoms with Crippen LogP contribution in [0.5, 0.6) is 0 Å². The van der Waals surface area contributed by atoms with Gasteiger partial charge in [-0.15, -0.1) is 0 Å². The molecule has 1 rings (SSSR count). The quantitative estimate of drug-likeness (QED) is 0.308. The Morgan fingerprint density at radius 2 is 1.83 bits per heavy atom. The van der Waals surface area contributed by atoms with E-state index in [1.54, 1.807) is 0 Å². The van der Waals surface area contributed by atoms with Crippen molar-refractivity contribution in [1.29, 1.82) is 0 Å². The highest BCUT2D eigenvalue weighted by Crippen LogP contribution is 2.51. The molecule has 0 saturated heterocycles. The maximum Gasteiger partial charge on any atom is 0.193 e. The zero-order chi connectivity index (χ0) is 13.9. The highest BCUT2D eigenvalue weighted by atomic mass is 127. The second-order valence-corrected chi connectivity index (χ2v) is 8.12. The van der Waals surface area contributed by atoms with Crippen LogP contribution in [0.1, 0.15) is 60.3 Å². The van der Waals surface area contributed by atoms with Gasteiger partial charge in [0.2, 0.25) is 0 Å². The lowest BCUT2D eigenvalue weighted by atomic mass is 9.26. The van der Waals surface area contributed by atoms with Crippen LogP contribution in [-0.2, 0) is 0 Å². The Morgan fingerprint density at radius 1 is 1.33 bits per heavy atom. The first-order valence-electron chi connectivity index (χ1n) is 7.29. The van der Waals surface area contributed by atoms with E-state index in [1.807, 2.05) is 0 Å². The molecule has 0 unspecified atom stereocenters. The maximum atomic E-state index is 4.05. The fourth-order valence-electron chi connectivity index (χ4n) is 3.16. The van der Waals surface area contributed by atoms with Gasteiger partial charge >= 0.3 is 0 Å². The zero-order valence-corrected chi connectivity index (χ0v) is 14.9. The summed E-state index contributed by atoms with van der Waals surface area (Å²) in [5, 5.41) is 0.373. The Labute approximate surface area is 128 Å². The summed E-state index contributed by atoms with van der Waals surface area (Å²) in [5.41, 5.74) is 1.18. The van der Waals surface area contributed by atoms with Crippen molar-refractivity contribution in [1.82, 2.24) is 0 Å². The third-order valence-electron chi connectivity index (χ3n) is 4.84. The number of hydrogen-bond donors (Lipinski definition) is 0. The Kier molecular flexibility index (Phi) is 6.01. The van der Waals surface area contributed by atoms with E-state index in [0.717, 1.165) is 5.82 Å². The van der Waals surface area contributed by atoms with Gasteiger partial charge in [-0.25, -0.2) is 0 Å². The van der Waals surface area contributed by atoms with E-state index < -0.39 is 0 Å². The van der Waals surface area contributed by atoms with E-state index in [1.165, 1.54) is 34.7 Å². The molecule has 0 bridgehead atoms. The molecule has 0 aromatic carbocycles. The first-order valence-corrected chi connectivity index (χ1v) is 8.37. The molecule has 1 aliphatic rings. The van der Waals surface area contributed by atoms with Crippen molar-refractivity contribution in [2.24, 2.45) is 5.92 Å². The molecular formula is C16H28BI. The fraction of sp³-hybridized carbons (Fsp3) is 0.750. The average Bonchev–Trinajstić information content (AvgIpc) is 2.68. The van der Waals surface area contributed by atoms with Crippen LogP contribution >= 0.6 is 22.6 Å². The Morgan fingerprint density at radius 3 is 2.22 bits per heavy atom. The lowest BCUT2D eigenvalue weighted by molar-refractivity contribution is 0.460. The third kappa shape index (κ3) is 3.88. The molecule has 2 heteroatoms. The molecule has 0 aliphatic heterocycles. The van der Waals surface area contributed by atoms with E-state index in [0.29, 0.717) is 17.9 Å². The van der Waals surface area contributed by atoms with E-state index >= 15 is 0 Å². The van der Waals surface area contributed by atoms with Gasteiger partial charge in [-0.1, -0.05) is 100 Å². The summed E-state index contributed by atoms with van der Waals surface area (Å²) in [6.07, 6.45) is 7.97. The van der Waals surface area contributed by atoms with Crippen LogP contribution in [-0.4, -0.2) is 6.71 Å². The summed E-state index contributed by atoms with van der Waals surface area (Å²) in [6, 6.07) is 0. The molecule has 1 aliphatic carbocycles. The molecule has 0 N–H and O–H groups in total. The van der Waals surface area contributed by atoms with Crippen LogP contribution in [0.3, 0.4) is 0 Å². The smallest absolute Gasteiger partial charge is 0.0961 e. The molecule has 0 radical (unpaired) electrons. The fourth-order valence-corrected chi connectivity index (χ4v) is 5.01. The number of allylic oxidation sites excluding steroid dienone is 2. The summed E-state index contributed by atoms with van der Waals surface area (Å²) < 4.78 is 1.52. The van der Waals surface area contributed by atoms with E-state index in [2.05, 4.69) is 69.9 Å². The molecule has 0 nitrogen and oxygen atoms in total. The summed E-state index contributed by atoms with van der Waals surface area (Å²) in [5.74, 6) is 1.59. The topological polar surface area (TPSA) is 0 Å². The molecule has 0 spiro atoms. The minimum Gasteiger partial charge on any atom is -0.0961 e. The number of rotatable bonds is 5. The standard InChI is InChI=1S/C16H28BI/c1-12(2)11-15(18)17(14-9-7-8-10-14)16(5,6)13(3)4/h11,13-14H,1,7-10H2,2-6H3/b15-11-. The van der Waals surface area contributed by atoms with Crippen LogP contribution in [0.15, 0.2) is 21.7 Å². The van der Waals surface area contributed by atoms with Crippen LogP contribution in [0.25, 0.3) is 0 Å². The van der Waals surface area contributed by atoms with Gasteiger partial charge in [-0.2, -0.15) is 0 Å². The highest BCUT2D eigenvalue weighted by Gasteiger charge is 2.43. The number of halogens is 1. The largest absolute Gasteiger partial charge is 0.193 e. The molecule has 1 fully saturated rings. The van der Waals surface area contributed by atoms with Crippen molar-refractivity contribution in [3.05, 3.63) is 21.7 Å². The maximum absolute atomic E-state index is 4.05. The SMILES string of the molecule is C=C(C)/C=C(\I)B(C1CCCC1)C(C)(C)C(C)C. The van der Waals surface area contributed by atoms with Crippen LogP contribution in [0.4, 0.5) is 0 Å². The Hall–Kier alpha value is 0.275. The highest BCUT2D eigenvalue weighted by molar-refractivity contribution is 14.1. The summed E-state index contributed by atoms with van der Waals surface area (Å²) in [7, 11) is 0. The number of hydrogen-bond acceptors (Lipinski definition) is 0. The van der Waals surface area contributed by atoms with Crippen molar-refractivity contribution in [2.45, 2.75) is 71.4 Å². The minimum atomic E-state index is 0.373. The predicted molar refractivity (Wildman–Crippen MR) is 93.8 cm³/mol. The summed E-state index contributed by atoms with van der Waals surface area (Å²) in [4.78, 5) is 0. The molecule has 102 valence electrons. The van der Waals surface area contributed by atoms with Crippen molar-refractivity contribution in [3.8, 4) is 0 Å². The van der Waals surface area contributed by atoms with Gasteiger partial charge < -0.3 is 0 Å². The molecular weight excluding hydrogens is 330 g/mol. The zero-order valence-electron chi connectivity index (χ0n) is 12.7. The van der Waals surface area contributed by atoms with Gasteiger partial charge in [0.1, 0.15) is 0 Å².